The van der Waals surface area contributed by atoms with Gasteiger partial charge in [0.15, 0.2) is 0 Å². The number of hydrogen-bond donors (Lipinski definition) is 2. The van der Waals surface area contributed by atoms with E-state index in [9.17, 15) is 4.79 Å². The summed E-state index contributed by atoms with van der Waals surface area (Å²) in [6.07, 6.45) is 2.35. The number of likely N-dealkylation sites (tertiary alicyclic amines) is 1. The molecule has 0 radical (unpaired) electrons. The molecule has 2 N–H and O–H groups in total. The zero-order chi connectivity index (χ0) is 13.5. The van der Waals surface area contributed by atoms with Crippen LogP contribution in [0.2, 0.25) is 0 Å². The Morgan fingerprint density at radius 3 is 2.58 bits per heavy atom. The lowest BCUT2D eigenvalue weighted by atomic mass is 9.97. The Labute approximate surface area is 115 Å². The lowest BCUT2D eigenvalue weighted by molar-refractivity contribution is 0.210. The van der Waals surface area contributed by atoms with Crippen molar-refractivity contribution < 1.29 is 4.79 Å². The quantitative estimate of drug-likeness (QED) is 0.868. The minimum Gasteiger partial charge on any atom is -0.338 e. The van der Waals surface area contributed by atoms with E-state index < -0.39 is 0 Å². The van der Waals surface area contributed by atoms with E-state index in [1.165, 1.54) is 12.8 Å². The molecule has 1 fully saturated rings. The van der Waals surface area contributed by atoms with Crippen molar-refractivity contribution in [3.63, 3.8) is 0 Å². The van der Waals surface area contributed by atoms with Crippen LogP contribution in [-0.2, 0) is 6.54 Å². The predicted molar refractivity (Wildman–Crippen MR) is 76.9 cm³/mol. The molecule has 0 unspecified atom stereocenters. The van der Waals surface area contributed by atoms with Gasteiger partial charge in [-0.25, -0.2) is 4.79 Å². The van der Waals surface area contributed by atoms with E-state index in [-0.39, 0.29) is 6.03 Å². The monoisotopic (exact) mass is 261 g/mol. The molecule has 2 amide bonds. The number of amides is 2. The Morgan fingerprint density at radius 2 is 1.89 bits per heavy atom. The second-order valence-electron chi connectivity index (χ2n) is 5.30. The van der Waals surface area contributed by atoms with Crippen LogP contribution in [0.4, 0.5) is 4.79 Å². The summed E-state index contributed by atoms with van der Waals surface area (Å²) in [7, 11) is 2.15. The Bertz CT molecular complexity index is 386. The molecular weight excluding hydrogens is 238 g/mol. The first-order valence-electron chi connectivity index (χ1n) is 6.98. The van der Waals surface area contributed by atoms with E-state index in [1.54, 1.807) is 0 Å². The fourth-order valence-electron chi connectivity index (χ4n) is 2.34. The third-order valence-corrected chi connectivity index (χ3v) is 3.69. The van der Waals surface area contributed by atoms with Gasteiger partial charge in [-0.05, 0) is 44.5 Å². The summed E-state index contributed by atoms with van der Waals surface area (Å²) in [6, 6.07) is 9.89. The average Bonchev–Trinajstić information content (AvgIpc) is 2.45. The molecule has 0 bridgehead atoms. The van der Waals surface area contributed by atoms with E-state index in [1.807, 2.05) is 30.3 Å². The van der Waals surface area contributed by atoms with Gasteiger partial charge >= 0.3 is 6.03 Å². The van der Waals surface area contributed by atoms with E-state index in [4.69, 9.17) is 0 Å². The number of benzene rings is 1. The highest BCUT2D eigenvalue weighted by Gasteiger charge is 2.16. The van der Waals surface area contributed by atoms with Gasteiger partial charge in [-0.1, -0.05) is 30.3 Å². The van der Waals surface area contributed by atoms with Crippen LogP contribution in [0.3, 0.4) is 0 Å². The third-order valence-electron chi connectivity index (χ3n) is 3.69. The minimum atomic E-state index is -0.0669. The Hall–Kier alpha value is -1.55. The number of carbonyl (C=O) groups is 1. The number of rotatable bonds is 4. The first-order valence-corrected chi connectivity index (χ1v) is 6.98. The van der Waals surface area contributed by atoms with Crippen LogP contribution in [0.5, 0.6) is 0 Å². The maximum atomic E-state index is 11.7. The molecule has 0 spiro atoms. The molecule has 1 heterocycles. The van der Waals surface area contributed by atoms with E-state index >= 15 is 0 Å². The summed E-state index contributed by atoms with van der Waals surface area (Å²) in [5.74, 6) is 0.624. The zero-order valence-corrected chi connectivity index (χ0v) is 11.6. The van der Waals surface area contributed by atoms with Crippen LogP contribution in [0.25, 0.3) is 0 Å². The number of hydrogen-bond acceptors (Lipinski definition) is 2. The maximum absolute atomic E-state index is 11.7. The number of carbonyl (C=O) groups excluding carboxylic acids is 1. The van der Waals surface area contributed by atoms with Gasteiger partial charge in [-0.15, -0.1) is 0 Å². The van der Waals surface area contributed by atoms with Crippen molar-refractivity contribution in [3.8, 4) is 0 Å². The number of urea groups is 1. The molecule has 2 rings (SSSR count). The van der Waals surface area contributed by atoms with Crippen LogP contribution in [0.15, 0.2) is 30.3 Å². The first-order chi connectivity index (χ1) is 9.24. The molecule has 0 saturated carbocycles. The Morgan fingerprint density at radius 1 is 1.21 bits per heavy atom. The molecule has 104 valence electrons. The standard InChI is InChI=1S/C15H23N3O/c1-18-9-7-14(8-10-18)12-17-15(19)16-11-13-5-3-2-4-6-13/h2-6,14H,7-12H2,1H3,(H2,16,17,19). The normalized spacial score (nSPS) is 17.1. The molecular formula is C15H23N3O. The maximum Gasteiger partial charge on any atom is 0.315 e. The van der Waals surface area contributed by atoms with Gasteiger partial charge < -0.3 is 15.5 Å². The summed E-state index contributed by atoms with van der Waals surface area (Å²) >= 11 is 0. The van der Waals surface area contributed by atoms with E-state index in [0.29, 0.717) is 12.5 Å². The lowest BCUT2D eigenvalue weighted by Gasteiger charge is -2.28. The smallest absolute Gasteiger partial charge is 0.315 e. The van der Waals surface area contributed by atoms with E-state index in [2.05, 4.69) is 22.6 Å². The number of nitrogens with zero attached hydrogens (tertiary/aromatic N) is 1. The summed E-state index contributed by atoms with van der Waals surface area (Å²) in [6.45, 7) is 3.64. The molecule has 1 saturated heterocycles. The molecule has 1 aromatic rings. The van der Waals surface area contributed by atoms with Gasteiger partial charge in [0.05, 0.1) is 0 Å². The molecule has 4 nitrogen and oxygen atoms in total. The number of piperidine rings is 1. The Balaban J connectivity index is 1.62. The summed E-state index contributed by atoms with van der Waals surface area (Å²) in [5.41, 5.74) is 1.12. The van der Waals surface area contributed by atoms with Crippen LogP contribution in [-0.4, -0.2) is 37.6 Å². The van der Waals surface area contributed by atoms with Crippen LogP contribution < -0.4 is 10.6 Å². The van der Waals surface area contributed by atoms with Crippen molar-refractivity contribution in [1.82, 2.24) is 15.5 Å². The summed E-state index contributed by atoms with van der Waals surface area (Å²) in [5, 5.41) is 5.86. The van der Waals surface area contributed by atoms with Gasteiger partial charge in [0, 0.05) is 13.1 Å². The van der Waals surface area contributed by atoms with Gasteiger partial charge in [0.25, 0.3) is 0 Å². The van der Waals surface area contributed by atoms with Gasteiger partial charge in [-0.3, -0.25) is 0 Å². The molecule has 1 aliphatic rings. The predicted octanol–water partition coefficient (Wildman–Crippen LogP) is 1.83. The molecule has 1 aromatic carbocycles. The molecule has 4 heteroatoms. The molecule has 0 aliphatic carbocycles. The molecule has 0 aromatic heterocycles. The van der Waals surface area contributed by atoms with Crippen LogP contribution in [0.1, 0.15) is 18.4 Å². The van der Waals surface area contributed by atoms with Gasteiger partial charge in [-0.2, -0.15) is 0 Å². The van der Waals surface area contributed by atoms with Crippen molar-refractivity contribution in [1.29, 1.82) is 0 Å². The van der Waals surface area contributed by atoms with Crippen molar-refractivity contribution in [3.05, 3.63) is 35.9 Å². The van der Waals surface area contributed by atoms with Crippen molar-refractivity contribution in [2.75, 3.05) is 26.7 Å². The molecule has 1 aliphatic heterocycles. The van der Waals surface area contributed by atoms with Crippen molar-refractivity contribution in [2.45, 2.75) is 19.4 Å². The molecule has 19 heavy (non-hydrogen) atoms. The van der Waals surface area contributed by atoms with E-state index in [0.717, 1.165) is 25.2 Å². The third kappa shape index (κ3) is 4.91. The summed E-state index contributed by atoms with van der Waals surface area (Å²) < 4.78 is 0. The highest BCUT2D eigenvalue weighted by atomic mass is 16.2. The van der Waals surface area contributed by atoms with Gasteiger partial charge in [0.2, 0.25) is 0 Å². The first kappa shape index (κ1) is 13.9. The number of nitrogens with one attached hydrogen (secondary N) is 2. The second kappa shape index (κ2) is 7.14. The minimum absolute atomic E-state index is 0.0669. The second-order valence-corrected chi connectivity index (χ2v) is 5.30. The largest absolute Gasteiger partial charge is 0.338 e. The highest BCUT2D eigenvalue weighted by molar-refractivity contribution is 5.73. The lowest BCUT2D eigenvalue weighted by Crippen LogP contribution is -2.40. The SMILES string of the molecule is CN1CCC(CNC(=O)NCc2ccccc2)CC1. The van der Waals surface area contributed by atoms with Crippen LogP contribution in [0, 0.1) is 5.92 Å². The van der Waals surface area contributed by atoms with Gasteiger partial charge in [0.1, 0.15) is 0 Å². The average molecular weight is 261 g/mol. The summed E-state index contributed by atoms with van der Waals surface area (Å²) in [4.78, 5) is 14.0. The fourth-order valence-corrected chi connectivity index (χ4v) is 2.34. The molecule has 0 atom stereocenters. The van der Waals surface area contributed by atoms with Crippen LogP contribution >= 0.6 is 0 Å². The van der Waals surface area contributed by atoms with Crippen molar-refractivity contribution >= 4 is 6.03 Å². The topological polar surface area (TPSA) is 44.4 Å². The Kier molecular flexibility index (Phi) is 5.21. The van der Waals surface area contributed by atoms with Crippen molar-refractivity contribution in [2.24, 2.45) is 5.92 Å². The highest BCUT2D eigenvalue weighted by Crippen LogP contribution is 2.14. The zero-order valence-electron chi connectivity index (χ0n) is 11.6. The fraction of sp³-hybridized carbons (Fsp3) is 0.533.